The number of aromatic amines is 1. The van der Waals surface area contributed by atoms with Crippen molar-refractivity contribution in [3.63, 3.8) is 0 Å². The van der Waals surface area contributed by atoms with Gasteiger partial charge in [0.1, 0.15) is 28.7 Å². The van der Waals surface area contributed by atoms with Gasteiger partial charge in [-0.15, -0.1) is 0 Å². The maximum atomic E-state index is 11.7. The van der Waals surface area contributed by atoms with Crippen molar-refractivity contribution in [2.24, 2.45) is 0 Å². The lowest BCUT2D eigenvalue weighted by Crippen LogP contribution is -2.12. The molecule has 0 unspecified atom stereocenters. The molecule has 0 radical (unpaired) electrons. The lowest BCUT2D eigenvalue weighted by atomic mass is 10.1. The maximum absolute atomic E-state index is 11.7. The third-order valence-electron chi connectivity index (χ3n) is 3.66. The van der Waals surface area contributed by atoms with E-state index < -0.39 is 5.69 Å². The van der Waals surface area contributed by atoms with Crippen molar-refractivity contribution in [1.82, 2.24) is 39.9 Å². The van der Waals surface area contributed by atoms with Crippen LogP contribution in [0.2, 0.25) is 5.15 Å². The molecule has 4 rings (SSSR count). The van der Waals surface area contributed by atoms with E-state index >= 15 is 0 Å². The van der Waals surface area contributed by atoms with E-state index in [2.05, 4.69) is 39.9 Å². The summed E-state index contributed by atoms with van der Waals surface area (Å²) in [6.07, 6.45) is 4.12. The van der Waals surface area contributed by atoms with E-state index in [0.29, 0.717) is 28.3 Å². The number of anilines is 2. The molecule has 4 aromatic rings. The van der Waals surface area contributed by atoms with Gasteiger partial charge in [-0.25, -0.2) is 39.7 Å². The molecule has 12 heteroatoms. The van der Waals surface area contributed by atoms with Crippen molar-refractivity contribution < 1.29 is 0 Å². The third kappa shape index (κ3) is 3.33. The molecule has 5 N–H and O–H groups in total. The van der Waals surface area contributed by atoms with E-state index in [9.17, 15) is 4.79 Å². The number of nitrogens with zero attached hydrogens (tertiary/aromatic N) is 7. The average Bonchev–Trinajstić information content (AvgIpc) is 2.67. The normalized spacial score (nSPS) is 10.8. The number of rotatable bonds is 3. The number of H-pyrrole nitrogens is 1. The first kappa shape index (κ1) is 17.4. The number of hydrogen-bond donors (Lipinski definition) is 3. The zero-order valence-electron chi connectivity index (χ0n) is 14.0. The van der Waals surface area contributed by atoms with Crippen LogP contribution in [0.25, 0.3) is 34.2 Å². The second kappa shape index (κ2) is 6.96. The minimum absolute atomic E-state index is 0.0604. The molecule has 0 saturated carbocycles. The highest BCUT2D eigenvalue weighted by Gasteiger charge is 2.20. The highest BCUT2D eigenvalue weighted by Crippen LogP contribution is 2.34. The van der Waals surface area contributed by atoms with E-state index in [1.807, 2.05) is 0 Å². The third-order valence-corrected chi connectivity index (χ3v) is 3.87. The Morgan fingerprint density at radius 3 is 2.50 bits per heavy atom. The van der Waals surface area contributed by atoms with E-state index in [1.54, 1.807) is 12.1 Å². The van der Waals surface area contributed by atoms with E-state index in [-0.39, 0.29) is 22.7 Å². The average molecular weight is 395 g/mol. The minimum atomic E-state index is -0.547. The Labute approximate surface area is 162 Å². The molecule has 0 saturated heterocycles. The van der Waals surface area contributed by atoms with Crippen LogP contribution < -0.4 is 17.2 Å². The highest BCUT2D eigenvalue weighted by molar-refractivity contribution is 6.29. The summed E-state index contributed by atoms with van der Waals surface area (Å²) in [7, 11) is 0. The lowest BCUT2D eigenvalue weighted by Gasteiger charge is -2.12. The molecular weight excluding hydrogens is 384 g/mol. The SMILES string of the molecule is Nc1nccc(-c2nc(N)c(-c3cc(Cl)ncn3)c(-c3ccnc(=O)[nH]3)n2)n1. The van der Waals surface area contributed by atoms with Gasteiger partial charge in [-0.3, -0.25) is 0 Å². The van der Waals surface area contributed by atoms with Crippen LogP contribution in [-0.2, 0) is 0 Å². The summed E-state index contributed by atoms with van der Waals surface area (Å²) in [5.74, 6) is 0.359. The number of hydrogen-bond acceptors (Lipinski definition) is 10. The second-order valence-corrected chi connectivity index (χ2v) is 5.86. The van der Waals surface area contributed by atoms with Crippen LogP contribution in [0.3, 0.4) is 0 Å². The Hall–Kier alpha value is -3.99. The molecule has 28 heavy (non-hydrogen) atoms. The van der Waals surface area contributed by atoms with Gasteiger partial charge >= 0.3 is 5.69 Å². The summed E-state index contributed by atoms with van der Waals surface area (Å²) in [4.78, 5) is 42.8. The fourth-order valence-electron chi connectivity index (χ4n) is 2.52. The van der Waals surface area contributed by atoms with Gasteiger partial charge in [0.2, 0.25) is 5.95 Å². The summed E-state index contributed by atoms with van der Waals surface area (Å²) in [6, 6.07) is 4.68. The van der Waals surface area contributed by atoms with Gasteiger partial charge in [-0.2, -0.15) is 0 Å². The first-order valence-corrected chi connectivity index (χ1v) is 8.19. The van der Waals surface area contributed by atoms with Crippen molar-refractivity contribution in [2.45, 2.75) is 0 Å². The fraction of sp³-hybridized carbons (Fsp3) is 0. The van der Waals surface area contributed by atoms with Crippen LogP contribution >= 0.6 is 11.6 Å². The lowest BCUT2D eigenvalue weighted by molar-refractivity contribution is 1.06. The zero-order valence-corrected chi connectivity index (χ0v) is 14.8. The molecule has 0 bridgehead atoms. The summed E-state index contributed by atoms with van der Waals surface area (Å²) in [6.45, 7) is 0. The molecule has 11 nitrogen and oxygen atoms in total. The van der Waals surface area contributed by atoms with Crippen molar-refractivity contribution >= 4 is 23.4 Å². The molecule has 0 aliphatic carbocycles. The molecule has 0 fully saturated rings. The van der Waals surface area contributed by atoms with Gasteiger partial charge in [0, 0.05) is 18.5 Å². The van der Waals surface area contributed by atoms with E-state index in [4.69, 9.17) is 23.1 Å². The van der Waals surface area contributed by atoms with Crippen molar-refractivity contribution in [3.05, 3.63) is 52.6 Å². The Morgan fingerprint density at radius 2 is 1.75 bits per heavy atom. The molecule has 0 aliphatic heterocycles. The van der Waals surface area contributed by atoms with Crippen LogP contribution in [0, 0.1) is 0 Å². The van der Waals surface area contributed by atoms with Crippen molar-refractivity contribution in [3.8, 4) is 34.2 Å². The smallest absolute Gasteiger partial charge is 0.345 e. The van der Waals surface area contributed by atoms with Crippen LogP contribution in [0.1, 0.15) is 0 Å². The highest BCUT2D eigenvalue weighted by atomic mass is 35.5. The van der Waals surface area contributed by atoms with Gasteiger partial charge in [-0.1, -0.05) is 11.6 Å². The predicted octanol–water partition coefficient (Wildman–Crippen LogP) is 0.959. The molecule has 138 valence electrons. The Morgan fingerprint density at radius 1 is 0.929 bits per heavy atom. The van der Waals surface area contributed by atoms with Crippen LogP contribution in [0.5, 0.6) is 0 Å². The molecule has 0 amide bonds. The van der Waals surface area contributed by atoms with E-state index in [0.717, 1.165) is 0 Å². The number of halogens is 1. The summed E-state index contributed by atoms with van der Waals surface area (Å²) in [5.41, 5.74) is 13.1. The van der Waals surface area contributed by atoms with Gasteiger partial charge < -0.3 is 16.5 Å². The number of nitrogens with two attached hydrogens (primary N) is 2. The summed E-state index contributed by atoms with van der Waals surface area (Å²) in [5, 5.41) is 0.214. The zero-order chi connectivity index (χ0) is 19.7. The molecular formula is C16H11ClN10O. The first-order valence-electron chi connectivity index (χ1n) is 7.81. The standard InChI is InChI=1S/C16H11ClN10O/c17-10-5-9(22-6-23-10)11-12(7-1-4-21-16(28)25-7)26-14(27-13(11)18)8-2-3-20-15(19)24-8/h1-6H,(H2,18,26,27)(H2,19,20,24)(H,21,25,28). The second-order valence-electron chi connectivity index (χ2n) is 5.47. The quantitative estimate of drug-likeness (QED) is 0.424. The van der Waals surface area contributed by atoms with E-state index in [1.165, 1.54) is 24.8 Å². The molecule has 4 aromatic heterocycles. The summed E-state index contributed by atoms with van der Waals surface area (Å²) < 4.78 is 0. The number of nitrogens with one attached hydrogen (secondary N) is 1. The predicted molar refractivity (Wildman–Crippen MR) is 102 cm³/mol. The molecule has 0 spiro atoms. The van der Waals surface area contributed by atoms with Gasteiger partial charge in [0.25, 0.3) is 0 Å². The number of aromatic nitrogens is 8. The van der Waals surface area contributed by atoms with Crippen molar-refractivity contribution in [2.75, 3.05) is 11.5 Å². The van der Waals surface area contributed by atoms with Gasteiger partial charge in [-0.05, 0) is 12.1 Å². The fourth-order valence-corrected chi connectivity index (χ4v) is 2.66. The first-order chi connectivity index (χ1) is 13.5. The Bertz CT molecular complexity index is 1240. The summed E-state index contributed by atoms with van der Waals surface area (Å²) >= 11 is 5.98. The topological polar surface area (TPSA) is 175 Å². The maximum Gasteiger partial charge on any atom is 0.345 e. The monoisotopic (exact) mass is 394 g/mol. The van der Waals surface area contributed by atoms with Gasteiger partial charge in [0.15, 0.2) is 5.82 Å². The van der Waals surface area contributed by atoms with Crippen LogP contribution in [0.4, 0.5) is 11.8 Å². The Balaban J connectivity index is 2.02. The Kier molecular flexibility index (Phi) is 4.33. The largest absolute Gasteiger partial charge is 0.383 e. The molecule has 4 heterocycles. The number of nitrogen functional groups attached to an aromatic ring is 2. The minimum Gasteiger partial charge on any atom is -0.383 e. The van der Waals surface area contributed by atoms with Crippen LogP contribution in [0.15, 0.2) is 41.7 Å². The molecule has 0 atom stereocenters. The molecule has 0 aromatic carbocycles. The van der Waals surface area contributed by atoms with Gasteiger partial charge in [0.05, 0.1) is 17.0 Å². The molecule has 0 aliphatic rings. The van der Waals surface area contributed by atoms with Crippen molar-refractivity contribution in [1.29, 1.82) is 0 Å². The van der Waals surface area contributed by atoms with Crippen LogP contribution in [-0.4, -0.2) is 39.9 Å².